The lowest BCUT2D eigenvalue weighted by Crippen LogP contribution is -2.00. The first kappa shape index (κ1) is 12.9. The summed E-state index contributed by atoms with van der Waals surface area (Å²) in [5.74, 6) is -1.11. The van der Waals surface area contributed by atoms with Crippen LogP contribution >= 0.6 is 11.6 Å². The molecule has 0 aliphatic rings. The van der Waals surface area contributed by atoms with E-state index in [1.165, 1.54) is 24.5 Å². The van der Waals surface area contributed by atoms with E-state index >= 15 is 0 Å². The van der Waals surface area contributed by atoms with E-state index in [2.05, 4.69) is 10.3 Å². The molecule has 94 valence electrons. The highest BCUT2D eigenvalue weighted by Gasteiger charge is 2.10. The average Bonchev–Trinajstić information content (AvgIpc) is 2.41. The van der Waals surface area contributed by atoms with Crippen LogP contribution in [0.1, 0.15) is 15.9 Å². The van der Waals surface area contributed by atoms with Crippen LogP contribution in [0.5, 0.6) is 0 Å². The molecule has 1 heterocycles. The Kier molecular flexibility index (Phi) is 3.64. The molecule has 0 bridgehead atoms. The van der Waals surface area contributed by atoms with Crippen LogP contribution in [0.4, 0.5) is 11.4 Å². The van der Waals surface area contributed by atoms with E-state index in [9.17, 15) is 4.79 Å². The number of carbonyl (C=O) groups is 1. The predicted octanol–water partition coefficient (Wildman–Crippen LogP) is 3.05. The van der Waals surface area contributed by atoms with Crippen LogP contribution in [0.25, 0.3) is 0 Å². The first-order chi connectivity index (χ1) is 9.11. The number of carboxylic acids is 1. The third-order valence-electron chi connectivity index (χ3n) is 2.42. The molecule has 1 aromatic carbocycles. The molecule has 2 N–H and O–H groups in total. The van der Waals surface area contributed by atoms with Gasteiger partial charge in [-0.25, -0.2) is 4.79 Å². The van der Waals surface area contributed by atoms with Gasteiger partial charge in [-0.15, -0.1) is 0 Å². The second kappa shape index (κ2) is 5.38. The summed E-state index contributed by atoms with van der Waals surface area (Å²) in [7, 11) is 0. The van der Waals surface area contributed by atoms with Gasteiger partial charge in [0, 0.05) is 11.9 Å². The highest BCUT2D eigenvalue weighted by molar-refractivity contribution is 6.33. The van der Waals surface area contributed by atoms with Gasteiger partial charge in [-0.2, -0.15) is 5.26 Å². The third kappa shape index (κ3) is 2.81. The van der Waals surface area contributed by atoms with Gasteiger partial charge in [-0.3, -0.25) is 4.98 Å². The van der Waals surface area contributed by atoms with Gasteiger partial charge in [0.1, 0.15) is 6.07 Å². The number of aromatic nitrogens is 1. The second-order valence-corrected chi connectivity index (χ2v) is 4.07. The Balaban J connectivity index is 2.37. The molecule has 19 heavy (non-hydrogen) atoms. The number of aromatic carboxylic acids is 1. The summed E-state index contributed by atoms with van der Waals surface area (Å²) in [5, 5.41) is 21.0. The molecule has 0 aliphatic carbocycles. The van der Waals surface area contributed by atoms with Crippen LogP contribution < -0.4 is 5.32 Å². The van der Waals surface area contributed by atoms with Crippen molar-refractivity contribution >= 4 is 28.9 Å². The largest absolute Gasteiger partial charge is 0.478 e. The molecule has 0 unspecified atom stereocenters. The minimum atomic E-state index is -1.11. The van der Waals surface area contributed by atoms with Gasteiger partial charge in [0.2, 0.25) is 0 Å². The second-order valence-electron chi connectivity index (χ2n) is 3.66. The molecular formula is C13H8ClN3O2. The molecule has 0 amide bonds. The SMILES string of the molecule is N#Cc1ccncc1Nc1ccc(Cl)c(C(=O)O)c1. The molecular weight excluding hydrogens is 266 g/mol. The van der Waals surface area contributed by atoms with E-state index in [1.807, 2.05) is 6.07 Å². The minimum absolute atomic E-state index is 0.00550. The van der Waals surface area contributed by atoms with Crippen molar-refractivity contribution in [3.63, 3.8) is 0 Å². The van der Waals surface area contributed by atoms with Crippen LogP contribution in [0.15, 0.2) is 36.7 Å². The number of nitrogens with one attached hydrogen (secondary N) is 1. The molecule has 0 aliphatic heterocycles. The fourth-order valence-corrected chi connectivity index (χ4v) is 1.71. The molecule has 0 radical (unpaired) electrons. The van der Waals surface area contributed by atoms with E-state index in [1.54, 1.807) is 12.1 Å². The molecule has 0 fully saturated rings. The van der Waals surface area contributed by atoms with E-state index in [0.29, 0.717) is 16.9 Å². The quantitative estimate of drug-likeness (QED) is 0.897. The van der Waals surface area contributed by atoms with Gasteiger partial charge in [0.25, 0.3) is 0 Å². The third-order valence-corrected chi connectivity index (χ3v) is 2.75. The summed E-state index contributed by atoms with van der Waals surface area (Å²) in [6.07, 6.45) is 3.00. The van der Waals surface area contributed by atoms with Gasteiger partial charge in [0.15, 0.2) is 0 Å². The van der Waals surface area contributed by atoms with Gasteiger partial charge >= 0.3 is 5.97 Å². The van der Waals surface area contributed by atoms with Crippen molar-refractivity contribution in [2.75, 3.05) is 5.32 Å². The summed E-state index contributed by atoms with van der Waals surface area (Å²) in [6, 6.07) is 8.10. The smallest absolute Gasteiger partial charge is 0.337 e. The van der Waals surface area contributed by atoms with Crippen molar-refractivity contribution in [2.24, 2.45) is 0 Å². The number of hydrogen-bond donors (Lipinski definition) is 2. The van der Waals surface area contributed by atoms with E-state index in [-0.39, 0.29) is 10.6 Å². The summed E-state index contributed by atoms with van der Waals surface area (Å²) in [4.78, 5) is 14.9. The highest BCUT2D eigenvalue weighted by Crippen LogP contribution is 2.24. The minimum Gasteiger partial charge on any atom is -0.478 e. The first-order valence-corrected chi connectivity index (χ1v) is 5.63. The van der Waals surface area contributed by atoms with Crippen molar-refractivity contribution in [1.82, 2.24) is 4.98 Å². The Bertz CT molecular complexity index is 680. The molecule has 6 heteroatoms. The monoisotopic (exact) mass is 273 g/mol. The maximum Gasteiger partial charge on any atom is 0.337 e. The van der Waals surface area contributed by atoms with Crippen molar-refractivity contribution in [3.05, 3.63) is 52.8 Å². The number of anilines is 2. The van der Waals surface area contributed by atoms with Gasteiger partial charge in [0.05, 0.1) is 28.0 Å². The van der Waals surface area contributed by atoms with Crippen molar-refractivity contribution in [2.45, 2.75) is 0 Å². The van der Waals surface area contributed by atoms with Crippen LogP contribution in [0.3, 0.4) is 0 Å². The molecule has 0 atom stereocenters. The lowest BCUT2D eigenvalue weighted by Gasteiger charge is -2.09. The summed E-state index contributed by atoms with van der Waals surface area (Å²) >= 11 is 5.78. The maximum absolute atomic E-state index is 11.0. The van der Waals surface area contributed by atoms with Gasteiger partial charge < -0.3 is 10.4 Å². The summed E-state index contributed by atoms with van der Waals surface area (Å²) < 4.78 is 0. The zero-order valence-electron chi connectivity index (χ0n) is 9.59. The highest BCUT2D eigenvalue weighted by atomic mass is 35.5. The Morgan fingerprint density at radius 1 is 1.42 bits per heavy atom. The summed E-state index contributed by atoms with van der Waals surface area (Å²) in [5.41, 5.74) is 1.44. The molecule has 2 aromatic rings. The Labute approximate surface area is 114 Å². The average molecular weight is 274 g/mol. The van der Waals surface area contributed by atoms with Crippen LogP contribution in [0, 0.1) is 11.3 Å². The van der Waals surface area contributed by atoms with E-state index < -0.39 is 5.97 Å². The Hall–Kier alpha value is -2.58. The van der Waals surface area contributed by atoms with Crippen LogP contribution in [0.2, 0.25) is 5.02 Å². The molecule has 0 saturated carbocycles. The number of nitrogens with zero attached hydrogens (tertiary/aromatic N) is 2. The number of rotatable bonds is 3. The zero-order chi connectivity index (χ0) is 13.8. The van der Waals surface area contributed by atoms with Crippen molar-refractivity contribution < 1.29 is 9.90 Å². The predicted molar refractivity (Wildman–Crippen MR) is 70.6 cm³/mol. The molecule has 2 rings (SSSR count). The van der Waals surface area contributed by atoms with Crippen LogP contribution in [-0.4, -0.2) is 16.1 Å². The maximum atomic E-state index is 11.0. The molecule has 0 spiro atoms. The molecule has 5 nitrogen and oxygen atoms in total. The lowest BCUT2D eigenvalue weighted by molar-refractivity contribution is 0.0697. The van der Waals surface area contributed by atoms with Crippen LogP contribution in [-0.2, 0) is 0 Å². The zero-order valence-corrected chi connectivity index (χ0v) is 10.3. The number of nitriles is 1. The number of benzene rings is 1. The number of hydrogen-bond acceptors (Lipinski definition) is 4. The Morgan fingerprint density at radius 2 is 2.21 bits per heavy atom. The van der Waals surface area contributed by atoms with E-state index in [4.69, 9.17) is 22.0 Å². The van der Waals surface area contributed by atoms with Gasteiger partial charge in [-0.05, 0) is 24.3 Å². The summed E-state index contributed by atoms with van der Waals surface area (Å²) in [6.45, 7) is 0. The number of halogens is 1. The normalized spacial score (nSPS) is 9.68. The van der Waals surface area contributed by atoms with Crippen molar-refractivity contribution in [1.29, 1.82) is 5.26 Å². The van der Waals surface area contributed by atoms with Crippen molar-refractivity contribution in [3.8, 4) is 6.07 Å². The topological polar surface area (TPSA) is 86.0 Å². The number of pyridine rings is 1. The van der Waals surface area contributed by atoms with Gasteiger partial charge in [-0.1, -0.05) is 11.6 Å². The Morgan fingerprint density at radius 3 is 2.89 bits per heavy atom. The fraction of sp³-hybridized carbons (Fsp3) is 0. The molecule has 1 aromatic heterocycles. The number of carboxylic acid groups (broad SMARTS) is 1. The molecule has 0 saturated heterocycles. The lowest BCUT2D eigenvalue weighted by atomic mass is 10.2. The van der Waals surface area contributed by atoms with E-state index in [0.717, 1.165) is 0 Å². The fourth-order valence-electron chi connectivity index (χ4n) is 1.51. The first-order valence-electron chi connectivity index (χ1n) is 5.26. The standard InChI is InChI=1S/C13H8ClN3O2/c14-11-2-1-9(5-10(11)13(18)19)17-12-7-16-4-3-8(12)6-15/h1-5,7,17H,(H,18,19).